The zero-order chi connectivity index (χ0) is 17.1. The predicted molar refractivity (Wildman–Crippen MR) is 95.8 cm³/mol. The topological polar surface area (TPSA) is 77.8 Å². The Morgan fingerprint density at radius 2 is 2.09 bits per heavy atom. The van der Waals surface area contributed by atoms with E-state index in [2.05, 4.69) is 13.0 Å². The number of carboxylic acid groups (broad SMARTS) is 1. The van der Waals surface area contributed by atoms with Crippen molar-refractivity contribution in [3.63, 3.8) is 0 Å². The minimum atomic E-state index is -0.747. The monoisotopic (exact) mass is 344 g/mol. The first-order valence-corrected chi connectivity index (χ1v) is 9.94. The van der Waals surface area contributed by atoms with Gasteiger partial charge in [0.05, 0.1) is 12.2 Å². The molecule has 4 nitrogen and oxygen atoms in total. The largest absolute Gasteiger partial charge is 0.481 e. The summed E-state index contributed by atoms with van der Waals surface area (Å²) in [5, 5.41) is 29.1. The van der Waals surface area contributed by atoms with Crippen molar-refractivity contribution in [1.29, 1.82) is 0 Å². The Balaban J connectivity index is 2.27. The Bertz CT molecular complexity index is 359. The van der Waals surface area contributed by atoms with Gasteiger partial charge in [-0.1, -0.05) is 31.9 Å². The normalized spacial score (nSPS) is 26.0. The maximum absolute atomic E-state index is 10.4. The fourth-order valence-corrected chi connectivity index (χ4v) is 4.51. The third-order valence-corrected chi connectivity index (χ3v) is 6.04. The fraction of sp³-hybridized carbons (Fsp3) is 0.833. The number of aliphatic carboxylic acids is 1. The van der Waals surface area contributed by atoms with Crippen LogP contribution in [0.3, 0.4) is 0 Å². The van der Waals surface area contributed by atoms with Crippen LogP contribution in [0.4, 0.5) is 0 Å². The molecule has 1 rings (SSSR count). The van der Waals surface area contributed by atoms with Crippen LogP contribution in [-0.4, -0.2) is 44.5 Å². The summed E-state index contributed by atoms with van der Waals surface area (Å²) in [5.74, 6) is 0.271. The second kappa shape index (κ2) is 11.9. The molecule has 4 atom stereocenters. The van der Waals surface area contributed by atoms with Crippen LogP contribution in [0.1, 0.15) is 64.7 Å². The minimum Gasteiger partial charge on any atom is -0.481 e. The van der Waals surface area contributed by atoms with Gasteiger partial charge in [-0.3, -0.25) is 4.79 Å². The van der Waals surface area contributed by atoms with E-state index in [1.54, 1.807) is 11.8 Å². The molecule has 0 aliphatic heterocycles. The zero-order valence-corrected chi connectivity index (χ0v) is 15.0. The molecule has 0 heterocycles. The first kappa shape index (κ1) is 20.5. The molecular formula is C18H32O4S. The minimum absolute atomic E-state index is 0.213. The summed E-state index contributed by atoms with van der Waals surface area (Å²) in [4.78, 5) is 10.4. The van der Waals surface area contributed by atoms with Crippen LogP contribution < -0.4 is 0 Å². The van der Waals surface area contributed by atoms with Gasteiger partial charge < -0.3 is 15.3 Å². The van der Waals surface area contributed by atoms with Crippen molar-refractivity contribution in [3.8, 4) is 0 Å². The van der Waals surface area contributed by atoms with Crippen molar-refractivity contribution in [1.82, 2.24) is 0 Å². The number of rotatable bonds is 12. The van der Waals surface area contributed by atoms with Gasteiger partial charge in [0.1, 0.15) is 0 Å². The van der Waals surface area contributed by atoms with Crippen molar-refractivity contribution in [2.24, 2.45) is 5.92 Å². The lowest BCUT2D eigenvalue weighted by Crippen LogP contribution is -2.22. The van der Waals surface area contributed by atoms with Crippen LogP contribution in [0.25, 0.3) is 0 Å². The fourth-order valence-electron chi connectivity index (χ4n) is 3.03. The maximum Gasteiger partial charge on any atom is 0.303 e. The molecule has 0 bridgehead atoms. The van der Waals surface area contributed by atoms with Crippen molar-refractivity contribution in [2.45, 2.75) is 82.2 Å². The summed E-state index contributed by atoms with van der Waals surface area (Å²) in [7, 11) is 0. The van der Waals surface area contributed by atoms with Gasteiger partial charge in [-0.2, -0.15) is 11.8 Å². The van der Waals surface area contributed by atoms with Crippen LogP contribution >= 0.6 is 11.8 Å². The number of thioether (sulfide) groups is 1. The molecule has 0 spiro atoms. The maximum atomic E-state index is 10.4. The third kappa shape index (κ3) is 8.77. The third-order valence-electron chi connectivity index (χ3n) is 4.45. The van der Waals surface area contributed by atoms with Gasteiger partial charge in [0, 0.05) is 23.3 Å². The van der Waals surface area contributed by atoms with Crippen LogP contribution in [0.2, 0.25) is 0 Å². The molecule has 1 saturated carbocycles. The van der Waals surface area contributed by atoms with Crippen LogP contribution in [0.15, 0.2) is 12.2 Å². The molecule has 0 aromatic rings. The molecule has 5 heteroatoms. The number of hydrogen-bond acceptors (Lipinski definition) is 4. The summed E-state index contributed by atoms with van der Waals surface area (Å²) >= 11 is 1.81. The van der Waals surface area contributed by atoms with E-state index >= 15 is 0 Å². The van der Waals surface area contributed by atoms with E-state index in [-0.39, 0.29) is 24.5 Å². The van der Waals surface area contributed by atoms with Crippen LogP contribution in [0.5, 0.6) is 0 Å². The predicted octanol–water partition coefficient (Wildman–Crippen LogP) is 3.61. The number of aliphatic hydroxyl groups excluding tert-OH is 2. The number of carbonyl (C=O) groups is 1. The lowest BCUT2D eigenvalue weighted by Gasteiger charge is -2.21. The Hall–Kier alpha value is -0.520. The molecule has 1 aliphatic rings. The zero-order valence-electron chi connectivity index (χ0n) is 14.2. The molecule has 134 valence electrons. The summed E-state index contributed by atoms with van der Waals surface area (Å²) < 4.78 is 0. The molecule has 1 aliphatic carbocycles. The number of allylic oxidation sites excluding steroid dienone is 2. The molecule has 0 aromatic heterocycles. The molecule has 3 N–H and O–H groups in total. The van der Waals surface area contributed by atoms with Crippen molar-refractivity contribution in [3.05, 3.63) is 12.2 Å². The first-order chi connectivity index (χ1) is 11.0. The van der Waals surface area contributed by atoms with Crippen LogP contribution in [-0.2, 0) is 4.79 Å². The number of unbranched alkanes of at least 4 members (excludes halogenated alkanes) is 2. The quantitative estimate of drug-likeness (QED) is 0.372. The van der Waals surface area contributed by atoms with E-state index in [1.807, 2.05) is 6.08 Å². The van der Waals surface area contributed by atoms with Gasteiger partial charge in [0.2, 0.25) is 0 Å². The molecule has 0 saturated heterocycles. The smallest absolute Gasteiger partial charge is 0.303 e. The first-order valence-electron chi connectivity index (χ1n) is 8.89. The Kier molecular flexibility index (Phi) is 10.6. The van der Waals surface area contributed by atoms with Gasteiger partial charge in [-0.25, -0.2) is 0 Å². The molecule has 23 heavy (non-hydrogen) atoms. The van der Waals surface area contributed by atoms with Crippen LogP contribution in [0, 0.1) is 5.92 Å². The molecular weight excluding hydrogens is 312 g/mol. The highest BCUT2D eigenvalue weighted by atomic mass is 32.2. The van der Waals surface area contributed by atoms with Gasteiger partial charge in [-0.05, 0) is 38.5 Å². The lowest BCUT2D eigenvalue weighted by atomic mass is 10.0. The van der Waals surface area contributed by atoms with Gasteiger partial charge in [-0.15, -0.1) is 0 Å². The van der Waals surface area contributed by atoms with E-state index in [4.69, 9.17) is 5.11 Å². The standard InChI is InChI=1S/C18H32O4S/c1-2-3-8-14(19)13-23-17-12-11-16(20)15(17)9-6-4-5-7-10-18(21)22/h4,6,14-17,19-20H,2-3,5,7-13H2,1H3,(H,21,22). The summed E-state index contributed by atoms with van der Waals surface area (Å²) in [6.07, 6.45) is 11.1. The second-order valence-electron chi connectivity index (χ2n) is 6.47. The summed E-state index contributed by atoms with van der Waals surface area (Å²) in [6, 6.07) is 0. The average molecular weight is 345 g/mol. The van der Waals surface area contributed by atoms with Gasteiger partial charge >= 0.3 is 5.97 Å². The highest BCUT2D eigenvalue weighted by Gasteiger charge is 2.34. The second-order valence-corrected chi connectivity index (χ2v) is 7.74. The molecule has 1 fully saturated rings. The Labute approximate surface area is 144 Å². The summed E-state index contributed by atoms with van der Waals surface area (Å²) in [5.41, 5.74) is 0. The Morgan fingerprint density at radius 1 is 1.30 bits per heavy atom. The van der Waals surface area contributed by atoms with Crippen molar-refractivity contribution < 1.29 is 20.1 Å². The number of aliphatic hydroxyl groups is 2. The van der Waals surface area contributed by atoms with Crippen molar-refractivity contribution >= 4 is 17.7 Å². The van der Waals surface area contributed by atoms with Gasteiger partial charge in [0.15, 0.2) is 0 Å². The van der Waals surface area contributed by atoms with E-state index in [0.717, 1.165) is 50.7 Å². The van der Waals surface area contributed by atoms with E-state index in [1.165, 1.54) is 0 Å². The lowest BCUT2D eigenvalue weighted by molar-refractivity contribution is -0.137. The van der Waals surface area contributed by atoms with E-state index < -0.39 is 5.97 Å². The average Bonchev–Trinajstić information content (AvgIpc) is 2.86. The molecule has 0 radical (unpaired) electrons. The number of carboxylic acids is 1. The number of hydrogen-bond donors (Lipinski definition) is 3. The summed E-state index contributed by atoms with van der Waals surface area (Å²) in [6.45, 7) is 2.13. The van der Waals surface area contributed by atoms with E-state index in [9.17, 15) is 15.0 Å². The molecule has 4 unspecified atom stereocenters. The molecule has 0 aromatic carbocycles. The van der Waals surface area contributed by atoms with E-state index in [0.29, 0.717) is 11.7 Å². The molecule has 0 amide bonds. The van der Waals surface area contributed by atoms with Gasteiger partial charge in [0.25, 0.3) is 0 Å². The highest BCUT2D eigenvalue weighted by Crippen LogP contribution is 2.38. The highest BCUT2D eigenvalue weighted by molar-refractivity contribution is 7.99. The Morgan fingerprint density at radius 3 is 2.78 bits per heavy atom. The van der Waals surface area contributed by atoms with Crippen molar-refractivity contribution in [2.75, 3.05) is 5.75 Å². The SMILES string of the molecule is CCCCC(O)CSC1CCC(O)C1CC=CCCCC(=O)O.